The van der Waals surface area contributed by atoms with Crippen molar-refractivity contribution in [2.45, 2.75) is 37.3 Å². The van der Waals surface area contributed by atoms with Crippen molar-refractivity contribution >= 4 is 21.8 Å². The van der Waals surface area contributed by atoms with Crippen molar-refractivity contribution in [3.8, 4) is 16.9 Å². The van der Waals surface area contributed by atoms with E-state index in [0.29, 0.717) is 18.9 Å². The largest absolute Gasteiger partial charge is 0.497 e. The normalized spacial score (nSPS) is 19.3. The Labute approximate surface area is 258 Å². The van der Waals surface area contributed by atoms with Crippen molar-refractivity contribution in [1.82, 2.24) is 19.8 Å². The molecular formula is C33H39FN4O5S. The van der Waals surface area contributed by atoms with Crippen molar-refractivity contribution in [2.75, 3.05) is 46.1 Å². The Morgan fingerprint density at radius 2 is 1.55 bits per heavy atom. The molecule has 1 saturated carbocycles. The first-order valence-electron chi connectivity index (χ1n) is 14.9. The van der Waals surface area contributed by atoms with Gasteiger partial charge in [0.1, 0.15) is 17.6 Å². The molecule has 2 amide bonds. The monoisotopic (exact) mass is 622 g/mol. The summed E-state index contributed by atoms with van der Waals surface area (Å²) in [4.78, 5) is 28.4. The molecule has 2 aliphatic rings. The molecule has 1 aliphatic carbocycles. The summed E-state index contributed by atoms with van der Waals surface area (Å²) in [6.07, 6.45) is 2.60. The van der Waals surface area contributed by atoms with Crippen LogP contribution in [0.2, 0.25) is 0 Å². The third-order valence-corrected chi connectivity index (χ3v) is 9.63. The van der Waals surface area contributed by atoms with Crippen molar-refractivity contribution in [3.05, 3.63) is 89.7 Å². The molecule has 1 unspecified atom stereocenters. The van der Waals surface area contributed by atoms with Crippen LogP contribution in [0.5, 0.6) is 5.75 Å². The highest BCUT2D eigenvalue weighted by molar-refractivity contribution is 7.88. The Bertz CT molecular complexity index is 1540. The van der Waals surface area contributed by atoms with Crippen LogP contribution in [-0.2, 0) is 26.0 Å². The van der Waals surface area contributed by atoms with Crippen molar-refractivity contribution < 1.29 is 27.1 Å². The fourth-order valence-corrected chi connectivity index (χ4v) is 6.49. The summed E-state index contributed by atoms with van der Waals surface area (Å²) in [6, 6.07) is 21.5. The zero-order valence-electron chi connectivity index (χ0n) is 25.0. The van der Waals surface area contributed by atoms with Crippen molar-refractivity contribution in [1.29, 1.82) is 0 Å². The third kappa shape index (κ3) is 8.22. The van der Waals surface area contributed by atoms with Gasteiger partial charge in [0.2, 0.25) is 21.8 Å². The highest BCUT2D eigenvalue weighted by Gasteiger charge is 2.38. The van der Waals surface area contributed by atoms with Gasteiger partial charge in [-0.2, -0.15) is 4.31 Å². The van der Waals surface area contributed by atoms with Crippen LogP contribution in [-0.4, -0.2) is 87.6 Å². The number of hydrogen-bond donors (Lipinski definition) is 2. The second-order valence-corrected chi connectivity index (χ2v) is 13.4. The number of piperazine rings is 1. The molecule has 1 saturated heterocycles. The molecule has 5 rings (SSSR count). The van der Waals surface area contributed by atoms with E-state index in [2.05, 4.69) is 10.6 Å². The van der Waals surface area contributed by atoms with E-state index in [1.54, 1.807) is 24.1 Å². The molecular weight excluding hydrogens is 583 g/mol. The van der Waals surface area contributed by atoms with Crippen LogP contribution in [0.15, 0.2) is 72.8 Å². The number of amides is 2. The summed E-state index contributed by atoms with van der Waals surface area (Å²) in [5, 5.41) is 6.42. The lowest BCUT2D eigenvalue weighted by Crippen LogP contribution is -2.56. The number of methoxy groups -OCH3 is 1. The molecule has 9 nitrogen and oxygen atoms in total. The molecule has 11 heteroatoms. The molecule has 0 aromatic heterocycles. The Morgan fingerprint density at radius 3 is 2.14 bits per heavy atom. The average Bonchev–Trinajstić information content (AvgIpc) is 3.80. The molecule has 3 aromatic carbocycles. The highest BCUT2D eigenvalue weighted by Crippen LogP contribution is 2.40. The first-order valence-corrected chi connectivity index (χ1v) is 16.7. The summed E-state index contributed by atoms with van der Waals surface area (Å²) < 4.78 is 43.8. The number of benzene rings is 3. The predicted octanol–water partition coefficient (Wildman–Crippen LogP) is 3.17. The topological polar surface area (TPSA) is 108 Å². The van der Waals surface area contributed by atoms with Gasteiger partial charge in [-0.05, 0) is 65.9 Å². The zero-order valence-corrected chi connectivity index (χ0v) is 25.9. The van der Waals surface area contributed by atoms with E-state index in [0.717, 1.165) is 34.4 Å². The minimum Gasteiger partial charge on any atom is -0.497 e. The predicted molar refractivity (Wildman–Crippen MR) is 167 cm³/mol. The van der Waals surface area contributed by atoms with E-state index in [9.17, 15) is 22.4 Å². The van der Waals surface area contributed by atoms with Gasteiger partial charge in [0.15, 0.2) is 0 Å². The maximum atomic E-state index is 13.6. The Kier molecular flexibility index (Phi) is 9.97. The van der Waals surface area contributed by atoms with E-state index in [4.69, 9.17) is 4.74 Å². The van der Waals surface area contributed by atoms with Crippen LogP contribution in [0.1, 0.15) is 29.9 Å². The molecule has 3 aromatic rings. The van der Waals surface area contributed by atoms with Crippen LogP contribution in [0, 0.1) is 5.82 Å². The van der Waals surface area contributed by atoms with Crippen molar-refractivity contribution in [3.63, 3.8) is 0 Å². The third-order valence-electron chi connectivity index (χ3n) is 8.32. The number of nitrogens with zero attached hydrogens (tertiary/aromatic N) is 2. The number of sulfonamides is 1. The van der Waals surface area contributed by atoms with E-state index in [1.165, 1.54) is 22.7 Å². The van der Waals surface area contributed by atoms with Crippen LogP contribution in [0.4, 0.5) is 4.39 Å². The zero-order chi connectivity index (χ0) is 31.3. The Morgan fingerprint density at radius 1 is 0.932 bits per heavy atom. The highest BCUT2D eigenvalue weighted by atomic mass is 32.2. The first kappa shape index (κ1) is 31.6. The van der Waals surface area contributed by atoms with Gasteiger partial charge in [-0.3, -0.25) is 9.59 Å². The lowest BCUT2D eigenvalue weighted by atomic mass is 10.0. The molecule has 234 valence electrons. The fraction of sp³-hybridized carbons (Fsp3) is 0.394. The molecule has 1 heterocycles. The smallest absolute Gasteiger partial charge is 0.245 e. The molecule has 3 atom stereocenters. The standard InChI is InChI=1S/C33H39FN4O5S/c1-43-28-13-9-25(10-14-28)24-5-3-23(4-6-24)21-32(39)36-30(33(40)37-17-19-38(20-18-37)44(2,41)42)15-16-35-31-22-29(31)26-7-11-27(34)12-8-26/h3-14,29-31,35H,15-22H2,1-2H3,(H,36,39)/t29-,30?,31+/m0/s1. The molecule has 0 radical (unpaired) electrons. The van der Waals surface area contributed by atoms with Crippen LogP contribution in [0.25, 0.3) is 11.1 Å². The lowest BCUT2D eigenvalue weighted by Gasteiger charge is -2.35. The number of carbonyl (C=O) groups excluding carboxylic acids is 2. The first-order chi connectivity index (χ1) is 21.1. The fourth-order valence-electron chi connectivity index (χ4n) is 5.66. The molecule has 2 N–H and O–H groups in total. The van der Waals surface area contributed by atoms with Gasteiger partial charge < -0.3 is 20.3 Å². The summed E-state index contributed by atoms with van der Waals surface area (Å²) in [6.45, 7) is 1.51. The van der Waals surface area contributed by atoms with Gasteiger partial charge in [-0.1, -0.05) is 48.5 Å². The van der Waals surface area contributed by atoms with Gasteiger partial charge >= 0.3 is 0 Å². The van der Waals surface area contributed by atoms with Gasteiger partial charge in [-0.25, -0.2) is 12.8 Å². The number of nitrogens with one attached hydrogen (secondary N) is 2. The summed E-state index contributed by atoms with van der Waals surface area (Å²) in [5.41, 5.74) is 3.95. The molecule has 0 spiro atoms. The second kappa shape index (κ2) is 13.9. The number of halogens is 1. The molecule has 44 heavy (non-hydrogen) atoms. The summed E-state index contributed by atoms with van der Waals surface area (Å²) in [5.74, 6) is 0.342. The summed E-state index contributed by atoms with van der Waals surface area (Å²) >= 11 is 0. The Hall–Kier alpha value is -3.80. The number of rotatable bonds is 12. The SMILES string of the molecule is COc1ccc(-c2ccc(CC(=O)NC(CCN[C@@H]3C[C@H]3c3ccc(F)cc3)C(=O)N3CCN(S(C)(=O)=O)CC3)cc2)cc1. The van der Waals surface area contributed by atoms with Crippen LogP contribution < -0.4 is 15.4 Å². The van der Waals surface area contributed by atoms with Crippen LogP contribution in [0.3, 0.4) is 0 Å². The minimum atomic E-state index is -3.33. The van der Waals surface area contributed by atoms with E-state index in [1.807, 2.05) is 48.5 Å². The van der Waals surface area contributed by atoms with E-state index in [-0.39, 0.29) is 56.3 Å². The minimum absolute atomic E-state index is 0.122. The van der Waals surface area contributed by atoms with Gasteiger partial charge in [0.25, 0.3) is 0 Å². The van der Waals surface area contributed by atoms with E-state index >= 15 is 0 Å². The second-order valence-electron chi connectivity index (χ2n) is 11.5. The van der Waals surface area contributed by atoms with Crippen LogP contribution >= 0.6 is 0 Å². The quantitative estimate of drug-likeness (QED) is 0.322. The molecule has 1 aliphatic heterocycles. The van der Waals surface area contributed by atoms with Gasteiger partial charge in [-0.15, -0.1) is 0 Å². The van der Waals surface area contributed by atoms with Gasteiger partial charge in [0.05, 0.1) is 19.8 Å². The maximum Gasteiger partial charge on any atom is 0.245 e. The Balaban J connectivity index is 1.19. The van der Waals surface area contributed by atoms with Crippen molar-refractivity contribution in [2.24, 2.45) is 0 Å². The lowest BCUT2D eigenvalue weighted by molar-refractivity contribution is -0.137. The molecule has 0 bridgehead atoms. The van der Waals surface area contributed by atoms with Gasteiger partial charge in [0, 0.05) is 38.1 Å². The van der Waals surface area contributed by atoms with E-state index < -0.39 is 16.1 Å². The number of hydrogen-bond acceptors (Lipinski definition) is 6. The number of carbonyl (C=O) groups is 2. The maximum absolute atomic E-state index is 13.6. The average molecular weight is 623 g/mol. The number of ether oxygens (including phenoxy) is 1. The molecule has 2 fully saturated rings. The summed E-state index contributed by atoms with van der Waals surface area (Å²) in [7, 11) is -1.71.